The number of nitrogens with zero attached hydrogens (tertiary/aromatic N) is 3. The molecule has 1 aromatic heterocycles. The van der Waals surface area contributed by atoms with Gasteiger partial charge in [0.2, 0.25) is 5.88 Å². The highest BCUT2D eigenvalue weighted by molar-refractivity contribution is 5.84. The number of aromatic carboxylic acids is 1. The maximum absolute atomic E-state index is 10.7. The molecule has 2 aromatic rings. The van der Waals surface area contributed by atoms with Crippen LogP contribution in [0.4, 0.5) is 5.69 Å². The van der Waals surface area contributed by atoms with Crippen LogP contribution in [0.5, 0.6) is 11.6 Å². The summed E-state index contributed by atoms with van der Waals surface area (Å²) in [5, 5.41) is 19.4. The van der Waals surface area contributed by atoms with E-state index in [1.54, 1.807) is 13.0 Å². The molecule has 0 radical (unpaired) electrons. The Bertz CT molecular complexity index is 669. The van der Waals surface area contributed by atoms with Crippen molar-refractivity contribution in [3.8, 4) is 11.6 Å². The summed E-state index contributed by atoms with van der Waals surface area (Å²) < 4.78 is 5.36. The molecular weight excluding hydrogens is 266 g/mol. The quantitative estimate of drug-likeness (QED) is 0.671. The average molecular weight is 275 g/mol. The minimum Gasteiger partial charge on any atom is -0.476 e. The first kappa shape index (κ1) is 13.4. The monoisotopic (exact) mass is 275 g/mol. The number of benzene rings is 1. The van der Waals surface area contributed by atoms with Crippen LogP contribution in [0.25, 0.3) is 0 Å². The number of carbonyl (C=O) groups is 1. The SMILES string of the molecule is Cc1ccc([N+](=O)[O-])cc1Oc1cnc(C(=O)O)cn1. The maximum atomic E-state index is 10.7. The Balaban J connectivity index is 2.27. The highest BCUT2D eigenvalue weighted by Gasteiger charge is 2.12. The normalized spacial score (nSPS) is 10.1. The summed E-state index contributed by atoms with van der Waals surface area (Å²) in [6.07, 6.45) is 2.19. The first-order chi connectivity index (χ1) is 9.47. The summed E-state index contributed by atoms with van der Waals surface area (Å²) in [7, 11) is 0. The van der Waals surface area contributed by atoms with Gasteiger partial charge in [-0.1, -0.05) is 0 Å². The van der Waals surface area contributed by atoms with E-state index < -0.39 is 10.9 Å². The molecule has 0 aliphatic heterocycles. The standard InChI is InChI=1S/C12H9N3O5/c1-7-2-3-8(15(18)19)4-10(7)20-11-6-13-9(5-14-11)12(16)17/h2-6H,1H3,(H,16,17). The lowest BCUT2D eigenvalue weighted by molar-refractivity contribution is -0.384. The second-order valence-corrected chi connectivity index (χ2v) is 3.85. The Labute approximate surface area is 112 Å². The number of nitro benzene ring substituents is 1. The highest BCUT2D eigenvalue weighted by atomic mass is 16.6. The van der Waals surface area contributed by atoms with E-state index in [1.165, 1.54) is 12.1 Å². The van der Waals surface area contributed by atoms with Gasteiger partial charge in [0, 0.05) is 6.07 Å². The summed E-state index contributed by atoms with van der Waals surface area (Å²) in [6, 6.07) is 4.18. The van der Waals surface area contributed by atoms with Gasteiger partial charge in [0.05, 0.1) is 23.4 Å². The van der Waals surface area contributed by atoms with E-state index in [-0.39, 0.29) is 23.0 Å². The fourth-order valence-corrected chi connectivity index (χ4v) is 1.40. The Morgan fingerprint density at radius 3 is 2.65 bits per heavy atom. The molecule has 0 aliphatic carbocycles. The van der Waals surface area contributed by atoms with Crippen molar-refractivity contribution in [1.82, 2.24) is 9.97 Å². The minimum atomic E-state index is -1.20. The Morgan fingerprint density at radius 1 is 1.35 bits per heavy atom. The zero-order valence-corrected chi connectivity index (χ0v) is 10.3. The number of hydrogen-bond acceptors (Lipinski definition) is 6. The number of aryl methyl sites for hydroxylation is 1. The predicted octanol–water partition coefficient (Wildman–Crippen LogP) is 2.18. The molecule has 0 amide bonds. The average Bonchev–Trinajstić information content (AvgIpc) is 2.41. The number of carboxylic acids is 1. The Hall–Kier alpha value is -3.03. The van der Waals surface area contributed by atoms with E-state index in [4.69, 9.17) is 9.84 Å². The molecule has 8 heteroatoms. The highest BCUT2D eigenvalue weighted by Crippen LogP contribution is 2.27. The molecule has 2 rings (SSSR count). The van der Waals surface area contributed by atoms with Crippen molar-refractivity contribution >= 4 is 11.7 Å². The Morgan fingerprint density at radius 2 is 2.10 bits per heavy atom. The number of ether oxygens (including phenoxy) is 1. The van der Waals surface area contributed by atoms with E-state index >= 15 is 0 Å². The number of nitro groups is 1. The molecule has 8 nitrogen and oxygen atoms in total. The van der Waals surface area contributed by atoms with E-state index in [2.05, 4.69) is 9.97 Å². The predicted molar refractivity (Wildman–Crippen MR) is 66.9 cm³/mol. The number of rotatable bonds is 4. The molecule has 0 bridgehead atoms. The molecule has 1 aromatic carbocycles. The van der Waals surface area contributed by atoms with Crippen molar-refractivity contribution < 1.29 is 19.6 Å². The summed E-state index contributed by atoms with van der Waals surface area (Å²) >= 11 is 0. The lowest BCUT2D eigenvalue weighted by atomic mass is 10.2. The van der Waals surface area contributed by atoms with Crippen LogP contribution in [0.3, 0.4) is 0 Å². The van der Waals surface area contributed by atoms with Gasteiger partial charge in [-0.3, -0.25) is 10.1 Å². The van der Waals surface area contributed by atoms with Crippen LogP contribution in [0, 0.1) is 17.0 Å². The first-order valence-corrected chi connectivity index (χ1v) is 5.45. The van der Waals surface area contributed by atoms with Gasteiger partial charge in [0.1, 0.15) is 5.75 Å². The summed E-state index contributed by atoms with van der Waals surface area (Å²) in [4.78, 5) is 28.2. The fourth-order valence-electron chi connectivity index (χ4n) is 1.40. The van der Waals surface area contributed by atoms with Crippen molar-refractivity contribution in [1.29, 1.82) is 0 Å². The molecule has 0 fully saturated rings. The van der Waals surface area contributed by atoms with Crippen molar-refractivity contribution in [2.75, 3.05) is 0 Å². The van der Waals surface area contributed by atoms with Gasteiger partial charge in [-0.2, -0.15) is 0 Å². The van der Waals surface area contributed by atoms with E-state index in [9.17, 15) is 14.9 Å². The maximum Gasteiger partial charge on any atom is 0.356 e. The van der Waals surface area contributed by atoms with Crippen molar-refractivity contribution in [3.05, 3.63) is 52.0 Å². The molecule has 0 unspecified atom stereocenters. The topological polar surface area (TPSA) is 115 Å². The first-order valence-electron chi connectivity index (χ1n) is 5.45. The Kier molecular flexibility index (Phi) is 3.56. The molecule has 1 N–H and O–H groups in total. The molecule has 0 atom stereocenters. The molecular formula is C12H9N3O5. The lowest BCUT2D eigenvalue weighted by Gasteiger charge is -2.07. The molecule has 102 valence electrons. The molecule has 0 spiro atoms. The van der Waals surface area contributed by atoms with Gasteiger partial charge in [-0.25, -0.2) is 14.8 Å². The second kappa shape index (κ2) is 5.31. The number of non-ortho nitro benzene ring substituents is 1. The summed E-state index contributed by atoms with van der Waals surface area (Å²) in [5.41, 5.74) is 0.355. The van der Waals surface area contributed by atoms with Crippen LogP contribution in [0.2, 0.25) is 0 Å². The molecule has 0 saturated carbocycles. The number of hydrogen-bond donors (Lipinski definition) is 1. The fraction of sp³-hybridized carbons (Fsp3) is 0.0833. The molecule has 0 saturated heterocycles. The van der Waals surface area contributed by atoms with Crippen LogP contribution >= 0.6 is 0 Å². The van der Waals surface area contributed by atoms with Gasteiger partial charge >= 0.3 is 5.97 Å². The third-order valence-electron chi connectivity index (χ3n) is 2.44. The third kappa shape index (κ3) is 2.86. The minimum absolute atomic E-state index is 0.0543. The molecule has 0 aliphatic rings. The van der Waals surface area contributed by atoms with Crippen molar-refractivity contribution in [2.45, 2.75) is 6.92 Å². The van der Waals surface area contributed by atoms with Crippen LogP contribution < -0.4 is 4.74 Å². The van der Waals surface area contributed by atoms with Gasteiger partial charge in [0.25, 0.3) is 5.69 Å². The third-order valence-corrected chi connectivity index (χ3v) is 2.44. The zero-order valence-electron chi connectivity index (χ0n) is 10.3. The summed E-state index contributed by atoms with van der Waals surface area (Å²) in [6.45, 7) is 1.72. The van der Waals surface area contributed by atoms with Gasteiger partial charge in [0.15, 0.2) is 5.69 Å². The van der Waals surface area contributed by atoms with Gasteiger partial charge < -0.3 is 9.84 Å². The molecule has 1 heterocycles. The van der Waals surface area contributed by atoms with E-state index in [1.807, 2.05) is 0 Å². The van der Waals surface area contributed by atoms with Crippen LogP contribution in [0.15, 0.2) is 30.6 Å². The van der Waals surface area contributed by atoms with Crippen LogP contribution in [0.1, 0.15) is 16.1 Å². The lowest BCUT2D eigenvalue weighted by Crippen LogP contribution is -2.01. The van der Waals surface area contributed by atoms with Crippen LogP contribution in [-0.4, -0.2) is 26.0 Å². The van der Waals surface area contributed by atoms with Crippen molar-refractivity contribution in [2.24, 2.45) is 0 Å². The number of aromatic nitrogens is 2. The van der Waals surface area contributed by atoms with E-state index in [0.717, 1.165) is 12.4 Å². The second-order valence-electron chi connectivity index (χ2n) is 3.85. The molecule has 20 heavy (non-hydrogen) atoms. The summed E-state index contributed by atoms with van der Waals surface area (Å²) in [5.74, 6) is -0.884. The smallest absolute Gasteiger partial charge is 0.356 e. The van der Waals surface area contributed by atoms with Gasteiger partial charge in [-0.05, 0) is 18.6 Å². The zero-order chi connectivity index (χ0) is 14.7. The number of carboxylic acid groups (broad SMARTS) is 1. The van der Waals surface area contributed by atoms with Gasteiger partial charge in [-0.15, -0.1) is 0 Å². The van der Waals surface area contributed by atoms with Crippen molar-refractivity contribution in [3.63, 3.8) is 0 Å². The van der Waals surface area contributed by atoms with E-state index in [0.29, 0.717) is 5.56 Å². The van der Waals surface area contributed by atoms with Crippen LogP contribution in [-0.2, 0) is 0 Å². The largest absolute Gasteiger partial charge is 0.476 e.